The Morgan fingerprint density at radius 1 is 0.854 bits per heavy atom. The first-order valence-electron chi connectivity index (χ1n) is 13.2. The van der Waals surface area contributed by atoms with E-state index in [2.05, 4.69) is 26.3 Å². The normalized spacial score (nSPS) is 21.6. The van der Waals surface area contributed by atoms with Crippen LogP contribution in [0.2, 0.25) is 0 Å². The SMILES string of the molecule is O=C1[C@H]2N=NN(CC(=O)N3N=C(c4ccc(Br)cc4)C[C@@H]3c3ccccc3)[C@H]2C(=O)N1c1cccc2ccccc12. The second-order valence-corrected chi connectivity index (χ2v) is 11.0. The van der Waals surface area contributed by atoms with Gasteiger partial charge < -0.3 is 0 Å². The Labute approximate surface area is 243 Å². The van der Waals surface area contributed by atoms with Gasteiger partial charge in [0.25, 0.3) is 17.7 Å². The van der Waals surface area contributed by atoms with E-state index < -0.39 is 23.9 Å². The van der Waals surface area contributed by atoms with Crippen LogP contribution in [0.1, 0.15) is 23.6 Å². The summed E-state index contributed by atoms with van der Waals surface area (Å²) in [6, 6.07) is 28.3. The summed E-state index contributed by atoms with van der Waals surface area (Å²) in [5.74, 6) is -1.24. The van der Waals surface area contributed by atoms with Crippen molar-refractivity contribution in [3.63, 3.8) is 0 Å². The quantitative estimate of drug-likeness (QED) is 0.289. The molecule has 0 unspecified atom stereocenters. The molecule has 0 bridgehead atoms. The molecule has 3 aliphatic heterocycles. The largest absolute Gasteiger partial charge is 0.271 e. The molecule has 202 valence electrons. The molecule has 3 aliphatic rings. The smallest absolute Gasteiger partial charge is 0.264 e. The zero-order valence-electron chi connectivity index (χ0n) is 21.7. The Balaban J connectivity index is 1.16. The van der Waals surface area contributed by atoms with E-state index >= 15 is 0 Å². The Hall–Kier alpha value is -4.70. The highest BCUT2D eigenvalue weighted by molar-refractivity contribution is 9.10. The van der Waals surface area contributed by atoms with E-state index in [-0.39, 0.29) is 18.5 Å². The van der Waals surface area contributed by atoms with Crippen molar-refractivity contribution in [3.8, 4) is 0 Å². The van der Waals surface area contributed by atoms with Crippen LogP contribution in [-0.4, -0.2) is 52.1 Å². The molecule has 9 nitrogen and oxygen atoms in total. The number of hydrazone groups is 1. The lowest BCUT2D eigenvalue weighted by molar-refractivity contribution is -0.135. The van der Waals surface area contributed by atoms with E-state index in [0.29, 0.717) is 12.1 Å². The third-order valence-corrected chi connectivity index (χ3v) is 8.22. The maximum atomic E-state index is 13.8. The number of carbonyl (C=O) groups excluding carboxylic acids is 3. The van der Waals surface area contributed by atoms with E-state index in [0.717, 1.165) is 32.1 Å². The van der Waals surface area contributed by atoms with Crippen molar-refractivity contribution in [2.24, 2.45) is 15.4 Å². The standard InChI is InChI=1S/C31H23BrN6O3/c32-22-15-13-20(14-16-22)24-17-26(21-8-2-1-3-9-21)38(34-24)27(39)18-36-29-28(33-35-36)30(40)37(31(29)41)25-12-6-10-19-7-4-5-11-23(19)25/h1-16,26,28-29H,17-18H2/t26-,28+,29-/m1/s1. The van der Waals surface area contributed by atoms with E-state index in [9.17, 15) is 14.4 Å². The molecule has 3 amide bonds. The molecule has 10 heteroatoms. The lowest BCUT2D eigenvalue weighted by atomic mass is 9.98. The fraction of sp³-hybridized carbons (Fsp3) is 0.161. The van der Waals surface area contributed by atoms with Gasteiger partial charge in [-0.3, -0.25) is 19.4 Å². The van der Waals surface area contributed by atoms with Crippen molar-refractivity contribution >= 4 is 55.8 Å². The van der Waals surface area contributed by atoms with Gasteiger partial charge in [0.05, 0.1) is 17.4 Å². The first kappa shape index (κ1) is 25.3. The third kappa shape index (κ3) is 4.31. The Bertz CT molecular complexity index is 1750. The van der Waals surface area contributed by atoms with Crippen LogP contribution in [0.25, 0.3) is 10.8 Å². The summed E-state index contributed by atoms with van der Waals surface area (Å²) in [5.41, 5.74) is 3.16. The van der Waals surface area contributed by atoms with Crippen LogP contribution in [0.5, 0.6) is 0 Å². The van der Waals surface area contributed by atoms with Crippen LogP contribution in [-0.2, 0) is 14.4 Å². The minimum Gasteiger partial charge on any atom is -0.271 e. The van der Waals surface area contributed by atoms with Crippen LogP contribution in [0.3, 0.4) is 0 Å². The van der Waals surface area contributed by atoms with Crippen molar-refractivity contribution in [3.05, 3.63) is 113 Å². The number of halogens is 1. The Kier molecular flexibility index (Phi) is 6.19. The summed E-state index contributed by atoms with van der Waals surface area (Å²) in [6.07, 6.45) is 0.539. The molecular weight excluding hydrogens is 584 g/mol. The number of anilines is 1. The molecule has 0 N–H and O–H groups in total. The molecule has 0 radical (unpaired) electrons. The molecule has 0 saturated carbocycles. The van der Waals surface area contributed by atoms with Crippen LogP contribution in [0.4, 0.5) is 5.69 Å². The molecule has 0 aromatic heterocycles. The highest BCUT2D eigenvalue weighted by Crippen LogP contribution is 2.37. The molecule has 4 aromatic carbocycles. The lowest BCUT2D eigenvalue weighted by Gasteiger charge is -2.25. The number of rotatable bonds is 5. The monoisotopic (exact) mass is 606 g/mol. The highest BCUT2D eigenvalue weighted by Gasteiger charge is 2.55. The Morgan fingerprint density at radius 2 is 1.59 bits per heavy atom. The number of hydrogen-bond acceptors (Lipinski definition) is 7. The number of carbonyl (C=O) groups is 3. The molecule has 0 aliphatic carbocycles. The van der Waals surface area contributed by atoms with Gasteiger partial charge in [-0.2, -0.15) is 10.2 Å². The molecule has 41 heavy (non-hydrogen) atoms. The van der Waals surface area contributed by atoms with Gasteiger partial charge in [0.15, 0.2) is 12.1 Å². The van der Waals surface area contributed by atoms with Crippen molar-refractivity contribution < 1.29 is 14.4 Å². The number of amides is 3. The second kappa shape index (κ2) is 10.0. The van der Waals surface area contributed by atoms with Gasteiger partial charge >= 0.3 is 0 Å². The first-order valence-corrected chi connectivity index (χ1v) is 14.0. The van der Waals surface area contributed by atoms with Gasteiger partial charge in [-0.15, -0.1) is 0 Å². The van der Waals surface area contributed by atoms with Gasteiger partial charge in [0, 0.05) is 16.3 Å². The molecule has 1 fully saturated rings. The minimum atomic E-state index is -1.00. The molecule has 4 aromatic rings. The average Bonchev–Trinajstić information content (AvgIpc) is 3.69. The summed E-state index contributed by atoms with van der Waals surface area (Å²) in [4.78, 5) is 42.0. The number of imide groups is 1. The summed E-state index contributed by atoms with van der Waals surface area (Å²) in [5, 5.41) is 17.4. The van der Waals surface area contributed by atoms with Gasteiger partial charge in [0.2, 0.25) is 0 Å². The van der Waals surface area contributed by atoms with E-state index in [1.807, 2.05) is 91.0 Å². The fourth-order valence-corrected chi connectivity index (χ4v) is 5.96. The predicted molar refractivity (Wildman–Crippen MR) is 157 cm³/mol. The maximum Gasteiger partial charge on any atom is 0.264 e. The zero-order valence-corrected chi connectivity index (χ0v) is 23.3. The van der Waals surface area contributed by atoms with Crippen molar-refractivity contribution in [2.45, 2.75) is 24.5 Å². The van der Waals surface area contributed by atoms with E-state index in [4.69, 9.17) is 5.10 Å². The number of fused-ring (bicyclic) bond motifs is 2. The van der Waals surface area contributed by atoms with Gasteiger partial charge in [-0.25, -0.2) is 9.91 Å². The van der Waals surface area contributed by atoms with E-state index in [1.165, 1.54) is 14.9 Å². The molecule has 3 heterocycles. The predicted octanol–water partition coefficient (Wildman–Crippen LogP) is 5.27. The molecular formula is C31H23BrN6O3. The van der Waals surface area contributed by atoms with Gasteiger partial charge in [-0.1, -0.05) is 100 Å². The van der Waals surface area contributed by atoms with Crippen LogP contribution >= 0.6 is 15.9 Å². The minimum absolute atomic E-state index is 0.243. The lowest BCUT2D eigenvalue weighted by Crippen LogP contribution is -2.44. The van der Waals surface area contributed by atoms with Crippen LogP contribution in [0.15, 0.2) is 117 Å². The molecule has 0 spiro atoms. The number of benzene rings is 4. The van der Waals surface area contributed by atoms with Gasteiger partial charge in [-0.05, 0) is 34.7 Å². The molecule has 1 saturated heterocycles. The molecule has 7 rings (SSSR count). The third-order valence-electron chi connectivity index (χ3n) is 7.69. The topological polar surface area (TPSA) is 98.0 Å². The fourth-order valence-electron chi connectivity index (χ4n) is 5.70. The summed E-state index contributed by atoms with van der Waals surface area (Å²) in [6.45, 7) is -0.243. The van der Waals surface area contributed by atoms with Crippen molar-refractivity contribution in [1.29, 1.82) is 0 Å². The maximum absolute atomic E-state index is 13.8. The number of nitrogens with zero attached hydrogens (tertiary/aromatic N) is 6. The zero-order chi connectivity index (χ0) is 28.1. The Morgan fingerprint density at radius 3 is 2.39 bits per heavy atom. The summed E-state index contributed by atoms with van der Waals surface area (Å²) < 4.78 is 0.953. The summed E-state index contributed by atoms with van der Waals surface area (Å²) in [7, 11) is 0. The number of hydrogen-bond donors (Lipinski definition) is 0. The molecule has 3 atom stereocenters. The first-order chi connectivity index (χ1) is 20.0. The van der Waals surface area contributed by atoms with E-state index in [1.54, 1.807) is 6.07 Å². The average molecular weight is 607 g/mol. The second-order valence-electron chi connectivity index (χ2n) is 10.1. The van der Waals surface area contributed by atoms with Crippen LogP contribution in [0, 0.1) is 0 Å². The van der Waals surface area contributed by atoms with Crippen LogP contribution < -0.4 is 4.90 Å². The van der Waals surface area contributed by atoms with Crippen molar-refractivity contribution in [2.75, 3.05) is 11.4 Å². The highest BCUT2D eigenvalue weighted by atomic mass is 79.9. The van der Waals surface area contributed by atoms with Crippen molar-refractivity contribution in [1.82, 2.24) is 10.0 Å². The summed E-state index contributed by atoms with van der Waals surface area (Å²) >= 11 is 3.46. The van der Waals surface area contributed by atoms with Gasteiger partial charge in [0.1, 0.15) is 6.54 Å².